The van der Waals surface area contributed by atoms with Crippen LogP contribution in [0.2, 0.25) is 0 Å². The third-order valence-electron chi connectivity index (χ3n) is 2.87. The minimum Gasteiger partial charge on any atom is -0.326 e. The summed E-state index contributed by atoms with van der Waals surface area (Å²) in [5, 5.41) is 1.67. The molecule has 4 nitrogen and oxygen atoms in total. The maximum absolute atomic E-state index is 13.9. The van der Waals surface area contributed by atoms with Crippen molar-refractivity contribution in [3.05, 3.63) is 46.4 Å². The number of para-hydroxylation sites is 1. The van der Waals surface area contributed by atoms with Crippen molar-refractivity contribution in [2.45, 2.75) is 18.4 Å². The Hall–Kier alpha value is -1.44. The first kappa shape index (κ1) is 15.0. The molecule has 0 radical (unpaired) electrons. The molecule has 0 fully saturated rings. The lowest BCUT2D eigenvalue weighted by atomic mass is 10.3. The van der Waals surface area contributed by atoms with E-state index in [0.29, 0.717) is 4.88 Å². The van der Waals surface area contributed by atoms with E-state index < -0.39 is 15.8 Å². The molecule has 2 aromatic rings. The third-order valence-corrected chi connectivity index (χ3v) is 5.91. The monoisotopic (exact) mass is 314 g/mol. The number of halogens is 1. The summed E-state index contributed by atoms with van der Waals surface area (Å²) in [6.45, 7) is 1.95. The van der Waals surface area contributed by atoms with Crippen molar-refractivity contribution in [3.63, 3.8) is 0 Å². The Morgan fingerprint density at radius 1 is 1.30 bits per heavy atom. The van der Waals surface area contributed by atoms with Crippen LogP contribution in [-0.2, 0) is 16.6 Å². The highest BCUT2D eigenvalue weighted by Crippen LogP contribution is 2.29. The van der Waals surface area contributed by atoms with Crippen molar-refractivity contribution < 1.29 is 12.8 Å². The van der Waals surface area contributed by atoms with Crippen LogP contribution in [0.3, 0.4) is 0 Å². The van der Waals surface area contributed by atoms with E-state index in [-0.39, 0.29) is 23.7 Å². The number of thiophene rings is 1. The van der Waals surface area contributed by atoms with Crippen LogP contribution in [0.4, 0.5) is 10.1 Å². The fourth-order valence-corrected chi connectivity index (χ4v) is 4.74. The second-order valence-electron chi connectivity index (χ2n) is 4.03. The topological polar surface area (TPSA) is 63.4 Å². The predicted molar refractivity (Wildman–Crippen MR) is 78.8 cm³/mol. The Bertz CT molecular complexity index is 698. The molecule has 0 saturated heterocycles. The minimum atomic E-state index is -3.80. The van der Waals surface area contributed by atoms with Crippen LogP contribution in [-0.4, -0.2) is 15.0 Å². The third kappa shape index (κ3) is 2.56. The van der Waals surface area contributed by atoms with Gasteiger partial charge in [-0.25, -0.2) is 12.8 Å². The first-order valence-corrected chi connectivity index (χ1v) is 8.38. The summed E-state index contributed by atoms with van der Waals surface area (Å²) in [6, 6.07) is 7.32. The van der Waals surface area contributed by atoms with Gasteiger partial charge in [0.15, 0.2) is 0 Å². The fraction of sp³-hybridized carbons (Fsp3) is 0.231. The average Bonchev–Trinajstić information content (AvgIpc) is 2.90. The van der Waals surface area contributed by atoms with Gasteiger partial charge in [0.2, 0.25) is 0 Å². The summed E-state index contributed by atoms with van der Waals surface area (Å²) in [6.07, 6.45) is 0. The molecule has 0 spiro atoms. The van der Waals surface area contributed by atoms with Gasteiger partial charge in [-0.2, -0.15) is 0 Å². The molecule has 0 atom stereocenters. The molecule has 0 aliphatic rings. The van der Waals surface area contributed by atoms with E-state index in [1.165, 1.54) is 35.6 Å². The summed E-state index contributed by atoms with van der Waals surface area (Å²) < 4.78 is 40.2. The van der Waals surface area contributed by atoms with E-state index in [9.17, 15) is 12.8 Å². The van der Waals surface area contributed by atoms with Crippen LogP contribution in [0.25, 0.3) is 0 Å². The number of nitrogens with zero attached hydrogens (tertiary/aromatic N) is 1. The smallest absolute Gasteiger partial charge is 0.265 e. The van der Waals surface area contributed by atoms with Gasteiger partial charge in [0, 0.05) is 18.0 Å². The van der Waals surface area contributed by atoms with Crippen molar-refractivity contribution in [1.29, 1.82) is 0 Å². The highest BCUT2D eigenvalue weighted by molar-refractivity contribution is 7.93. The largest absolute Gasteiger partial charge is 0.326 e. The van der Waals surface area contributed by atoms with Gasteiger partial charge in [-0.15, -0.1) is 11.3 Å². The van der Waals surface area contributed by atoms with Crippen LogP contribution >= 0.6 is 11.3 Å². The molecule has 0 amide bonds. The molecular formula is C13H15FN2O2S2. The van der Waals surface area contributed by atoms with Crippen LogP contribution in [0, 0.1) is 5.82 Å². The van der Waals surface area contributed by atoms with Crippen molar-refractivity contribution in [2.75, 3.05) is 10.8 Å². The molecule has 108 valence electrons. The van der Waals surface area contributed by atoms with E-state index in [1.54, 1.807) is 18.4 Å². The SMILES string of the molecule is CCN(c1ccccc1F)S(=O)(=O)c1ccsc1CN. The Balaban J connectivity index is 2.54. The zero-order valence-electron chi connectivity index (χ0n) is 10.9. The fourth-order valence-electron chi connectivity index (χ4n) is 1.95. The lowest BCUT2D eigenvalue weighted by Gasteiger charge is -2.23. The second-order valence-corrected chi connectivity index (χ2v) is 6.86. The molecule has 20 heavy (non-hydrogen) atoms. The Morgan fingerprint density at radius 3 is 2.60 bits per heavy atom. The second kappa shape index (κ2) is 5.90. The van der Waals surface area contributed by atoms with E-state index in [1.807, 2.05) is 0 Å². The number of anilines is 1. The molecule has 1 heterocycles. The summed E-state index contributed by atoms with van der Waals surface area (Å²) in [5.74, 6) is -0.567. The number of rotatable bonds is 5. The Morgan fingerprint density at radius 2 is 2.00 bits per heavy atom. The quantitative estimate of drug-likeness (QED) is 0.922. The van der Waals surface area contributed by atoms with E-state index in [0.717, 1.165) is 4.31 Å². The average molecular weight is 314 g/mol. The van der Waals surface area contributed by atoms with E-state index >= 15 is 0 Å². The number of hydrogen-bond acceptors (Lipinski definition) is 4. The lowest BCUT2D eigenvalue weighted by molar-refractivity contribution is 0.586. The molecular weight excluding hydrogens is 299 g/mol. The zero-order chi connectivity index (χ0) is 14.8. The summed E-state index contributed by atoms with van der Waals surface area (Å²) in [7, 11) is -3.80. The first-order valence-electron chi connectivity index (χ1n) is 6.06. The standard InChI is InChI=1S/C13H15FN2O2S2/c1-2-16(11-6-4-3-5-10(11)14)20(17,18)13-7-8-19-12(13)9-15/h3-8H,2,9,15H2,1H3. The van der Waals surface area contributed by atoms with Gasteiger partial charge >= 0.3 is 0 Å². The van der Waals surface area contributed by atoms with Crippen LogP contribution < -0.4 is 10.0 Å². The molecule has 1 aromatic carbocycles. The summed E-state index contributed by atoms with van der Waals surface area (Å²) in [5.41, 5.74) is 5.60. The summed E-state index contributed by atoms with van der Waals surface area (Å²) >= 11 is 1.28. The predicted octanol–water partition coefficient (Wildman–Crippen LogP) is 2.56. The molecule has 0 aliphatic carbocycles. The Labute approximate surface area is 121 Å². The molecule has 2 rings (SSSR count). The van der Waals surface area contributed by atoms with Crippen molar-refractivity contribution in [2.24, 2.45) is 5.73 Å². The molecule has 0 unspecified atom stereocenters. The molecule has 0 saturated carbocycles. The molecule has 2 N–H and O–H groups in total. The lowest BCUT2D eigenvalue weighted by Crippen LogP contribution is -2.32. The molecule has 0 aliphatic heterocycles. The maximum atomic E-state index is 13.9. The normalized spacial score (nSPS) is 11.6. The highest BCUT2D eigenvalue weighted by atomic mass is 32.2. The van der Waals surface area contributed by atoms with E-state index in [4.69, 9.17) is 5.73 Å². The van der Waals surface area contributed by atoms with Gasteiger partial charge in [0.1, 0.15) is 10.7 Å². The zero-order valence-corrected chi connectivity index (χ0v) is 12.5. The van der Waals surface area contributed by atoms with Crippen molar-refractivity contribution in [1.82, 2.24) is 0 Å². The van der Waals surface area contributed by atoms with Crippen molar-refractivity contribution >= 4 is 27.0 Å². The van der Waals surface area contributed by atoms with Gasteiger partial charge < -0.3 is 5.73 Å². The van der Waals surface area contributed by atoms with E-state index in [2.05, 4.69) is 0 Å². The summed E-state index contributed by atoms with van der Waals surface area (Å²) in [4.78, 5) is 0.717. The van der Waals surface area contributed by atoms with Gasteiger partial charge in [-0.1, -0.05) is 12.1 Å². The highest BCUT2D eigenvalue weighted by Gasteiger charge is 2.28. The Kier molecular flexibility index (Phi) is 4.42. The number of benzene rings is 1. The van der Waals surface area contributed by atoms with Gasteiger partial charge in [-0.3, -0.25) is 4.31 Å². The molecule has 7 heteroatoms. The number of nitrogens with two attached hydrogens (primary N) is 1. The van der Waals surface area contributed by atoms with Gasteiger partial charge in [-0.05, 0) is 30.5 Å². The minimum absolute atomic E-state index is 0.0455. The van der Waals surface area contributed by atoms with Crippen LogP contribution in [0.1, 0.15) is 11.8 Å². The molecule has 0 bridgehead atoms. The molecule has 1 aromatic heterocycles. The number of sulfonamides is 1. The maximum Gasteiger partial charge on any atom is 0.265 e. The van der Waals surface area contributed by atoms with Crippen molar-refractivity contribution in [3.8, 4) is 0 Å². The van der Waals surface area contributed by atoms with Crippen LogP contribution in [0.5, 0.6) is 0 Å². The van der Waals surface area contributed by atoms with Crippen LogP contribution in [0.15, 0.2) is 40.6 Å². The number of hydrogen-bond donors (Lipinski definition) is 1. The van der Waals surface area contributed by atoms with Gasteiger partial charge in [0.05, 0.1) is 5.69 Å². The van der Waals surface area contributed by atoms with Gasteiger partial charge in [0.25, 0.3) is 10.0 Å². The first-order chi connectivity index (χ1) is 9.52.